The number of carboxylic acid groups (broad SMARTS) is 1. The molecule has 6 heteroatoms. The Balaban J connectivity index is 1.93. The van der Waals surface area contributed by atoms with E-state index in [1.165, 1.54) is 22.2 Å². The van der Waals surface area contributed by atoms with E-state index in [0.29, 0.717) is 0 Å². The molecule has 104 valence electrons. The predicted molar refractivity (Wildman–Crippen MR) is 79.9 cm³/mol. The van der Waals surface area contributed by atoms with E-state index in [1.54, 1.807) is 18.4 Å². The molecular formula is C14H13NO3S2. The molecule has 0 unspecified atom stereocenters. The first-order valence-corrected chi connectivity index (χ1v) is 7.99. The van der Waals surface area contributed by atoms with Gasteiger partial charge < -0.3 is 9.84 Å². The summed E-state index contributed by atoms with van der Waals surface area (Å²) < 4.78 is 6.09. The van der Waals surface area contributed by atoms with Crippen LogP contribution in [0.3, 0.4) is 0 Å². The summed E-state index contributed by atoms with van der Waals surface area (Å²) in [5.74, 6) is 0.109. The van der Waals surface area contributed by atoms with Crippen molar-refractivity contribution < 1.29 is 14.6 Å². The minimum atomic E-state index is -0.812. The zero-order chi connectivity index (χ0) is 14.1. The number of thiazole rings is 1. The van der Waals surface area contributed by atoms with Crippen LogP contribution in [-0.2, 0) is 17.6 Å². The third-order valence-electron chi connectivity index (χ3n) is 3.19. The minimum absolute atomic E-state index is 0.0574. The van der Waals surface area contributed by atoms with E-state index in [4.69, 9.17) is 9.84 Å². The number of aryl methyl sites for hydroxylation is 2. The lowest BCUT2D eigenvalue weighted by Gasteiger charge is -2.15. The van der Waals surface area contributed by atoms with Gasteiger partial charge in [-0.3, -0.25) is 4.79 Å². The smallest absolute Gasteiger partial charge is 0.313 e. The van der Waals surface area contributed by atoms with Crippen molar-refractivity contribution in [1.82, 2.24) is 4.98 Å². The lowest BCUT2D eigenvalue weighted by molar-refractivity contribution is -0.133. The van der Waals surface area contributed by atoms with Gasteiger partial charge in [0.05, 0.1) is 18.6 Å². The predicted octanol–water partition coefficient (Wildman–Crippen LogP) is 3.09. The van der Waals surface area contributed by atoms with Gasteiger partial charge in [-0.05, 0) is 36.6 Å². The van der Waals surface area contributed by atoms with Crippen molar-refractivity contribution in [2.24, 2.45) is 0 Å². The second kappa shape index (κ2) is 5.46. The van der Waals surface area contributed by atoms with Gasteiger partial charge in [0.25, 0.3) is 0 Å². The molecule has 3 rings (SSSR count). The van der Waals surface area contributed by atoms with E-state index in [2.05, 4.69) is 11.1 Å². The summed E-state index contributed by atoms with van der Waals surface area (Å²) in [6.45, 7) is 0. The molecule has 0 radical (unpaired) electrons. The van der Waals surface area contributed by atoms with Gasteiger partial charge >= 0.3 is 5.97 Å². The molecule has 0 bridgehead atoms. The van der Waals surface area contributed by atoms with Crippen molar-refractivity contribution in [2.75, 3.05) is 12.9 Å². The first-order chi connectivity index (χ1) is 9.67. The summed E-state index contributed by atoms with van der Waals surface area (Å²) in [4.78, 5) is 16.5. The van der Waals surface area contributed by atoms with E-state index in [9.17, 15) is 4.79 Å². The van der Waals surface area contributed by atoms with Crippen LogP contribution in [-0.4, -0.2) is 28.9 Å². The summed E-state index contributed by atoms with van der Waals surface area (Å²) in [7, 11) is 1.67. The minimum Gasteiger partial charge on any atom is -0.497 e. The molecule has 0 atom stereocenters. The van der Waals surface area contributed by atoms with Crippen molar-refractivity contribution in [2.45, 2.75) is 17.2 Å². The number of ether oxygens (including phenoxy) is 1. The molecule has 0 spiro atoms. The van der Waals surface area contributed by atoms with Crippen molar-refractivity contribution in [3.05, 3.63) is 28.6 Å². The molecule has 0 fully saturated rings. The maximum absolute atomic E-state index is 10.6. The van der Waals surface area contributed by atoms with E-state index < -0.39 is 5.97 Å². The number of carboxylic acids is 1. The highest BCUT2D eigenvalue weighted by Gasteiger charge is 2.21. The summed E-state index contributed by atoms with van der Waals surface area (Å²) >= 11 is 2.90. The number of benzene rings is 1. The fourth-order valence-electron chi connectivity index (χ4n) is 2.28. The number of hydrogen-bond acceptors (Lipinski definition) is 5. The number of aromatic nitrogens is 1. The largest absolute Gasteiger partial charge is 0.497 e. The van der Waals surface area contributed by atoms with E-state index in [0.717, 1.165) is 34.2 Å². The number of aliphatic carboxylic acids is 1. The molecule has 1 aromatic carbocycles. The average molecular weight is 307 g/mol. The van der Waals surface area contributed by atoms with Crippen LogP contribution < -0.4 is 4.74 Å². The third-order valence-corrected chi connectivity index (χ3v) is 5.43. The Morgan fingerprint density at radius 1 is 1.50 bits per heavy atom. The summed E-state index contributed by atoms with van der Waals surface area (Å²) in [6, 6.07) is 6.04. The molecule has 1 aliphatic carbocycles. The standard InChI is InChI=1S/C14H13NO3S2/c1-18-9-3-4-10-8(6-9)2-5-11-13(10)15-14(20-11)19-7-12(16)17/h3-4,6H,2,5,7H2,1H3,(H,16,17). The van der Waals surface area contributed by atoms with Crippen LogP contribution in [0.15, 0.2) is 22.5 Å². The number of hydrogen-bond donors (Lipinski definition) is 1. The van der Waals surface area contributed by atoms with Gasteiger partial charge in [0.2, 0.25) is 0 Å². The van der Waals surface area contributed by atoms with Crippen LogP contribution in [0.5, 0.6) is 5.75 Å². The monoisotopic (exact) mass is 307 g/mol. The van der Waals surface area contributed by atoms with Gasteiger partial charge in [0.15, 0.2) is 4.34 Å². The molecule has 1 aliphatic rings. The van der Waals surface area contributed by atoms with Gasteiger partial charge in [-0.15, -0.1) is 11.3 Å². The molecule has 1 N–H and O–H groups in total. The topological polar surface area (TPSA) is 59.4 Å². The molecule has 2 aromatic rings. The van der Waals surface area contributed by atoms with Crippen LogP contribution in [0.25, 0.3) is 11.3 Å². The van der Waals surface area contributed by atoms with Crippen LogP contribution >= 0.6 is 23.1 Å². The van der Waals surface area contributed by atoms with Gasteiger partial charge in [0, 0.05) is 10.4 Å². The Morgan fingerprint density at radius 2 is 2.35 bits per heavy atom. The normalized spacial score (nSPS) is 12.7. The summed E-state index contributed by atoms with van der Waals surface area (Å²) in [6.07, 6.45) is 1.94. The number of thioether (sulfide) groups is 1. The van der Waals surface area contributed by atoms with Gasteiger partial charge in [-0.2, -0.15) is 0 Å². The third kappa shape index (κ3) is 2.53. The Morgan fingerprint density at radius 3 is 3.10 bits per heavy atom. The number of fused-ring (bicyclic) bond motifs is 3. The fourth-order valence-corrected chi connectivity index (χ4v) is 4.20. The Hall–Kier alpha value is -1.53. The van der Waals surface area contributed by atoms with Gasteiger partial charge in [-0.1, -0.05) is 11.8 Å². The highest BCUT2D eigenvalue weighted by molar-refractivity contribution is 8.01. The second-order valence-electron chi connectivity index (χ2n) is 4.46. The summed E-state index contributed by atoms with van der Waals surface area (Å²) in [5, 5.41) is 8.74. The van der Waals surface area contributed by atoms with Gasteiger partial charge in [-0.25, -0.2) is 4.98 Å². The number of rotatable bonds is 4. The maximum Gasteiger partial charge on any atom is 0.313 e. The van der Waals surface area contributed by atoms with Crippen molar-refractivity contribution in [1.29, 1.82) is 0 Å². The molecule has 0 saturated heterocycles. The average Bonchev–Trinajstić information content (AvgIpc) is 2.87. The van der Waals surface area contributed by atoms with Crippen LogP contribution in [0.1, 0.15) is 10.4 Å². The zero-order valence-electron chi connectivity index (χ0n) is 10.9. The number of methoxy groups -OCH3 is 1. The lowest BCUT2D eigenvalue weighted by atomic mass is 9.93. The van der Waals surface area contributed by atoms with E-state index >= 15 is 0 Å². The van der Waals surface area contributed by atoms with E-state index in [-0.39, 0.29) is 5.75 Å². The maximum atomic E-state index is 10.6. The first kappa shape index (κ1) is 13.5. The molecule has 0 saturated carbocycles. The molecule has 20 heavy (non-hydrogen) atoms. The SMILES string of the molecule is COc1ccc2c(c1)CCc1sc(SCC(=O)O)nc1-2. The highest BCUT2D eigenvalue weighted by atomic mass is 32.2. The lowest BCUT2D eigenvalue weighted by Crippen LogP contribution is -2.02. The Labute approximate surface area is 124 Å². The molecule has 1 heterocycles. The Bertz CT molecular complexity index is 666. The Kier molecular flexibility index (Phi) is 3.67. The van der Waals surface area contributed by atoms with Crippen LogP contribution in [0, 0.1) is 0 Å². The quantitative estimate of drug-likeness (QED) is 0.880. The fraction of sp³-hybridized carbons (Fsp3) is 0.286. The molecule has 4 nitrogen and oxygen atoms in total. The van der Waals surface area contributed by atoms with Crippen molar-refractivity contribution in [3.8, 4) is 17.0 Å². The zero-order valence-corrected chi connectivity index (χ0v) is 12.5. The first-order valence-electron chi connectivity index (χ1n) is 6.19. The number of nitrogens with zero attached hydrogens (tertiary/aromatic N) is 1. The van der Waals surface area contributed by atoms with Crippen LogP contribution in [0.2, 0.25) is 0 Å². The molecular weight excluding hydrogens is 294 g/mol. The molecule has 0 amide bonds. The second-order valence-corrected chi connectivity index (χ2v) is 6.76. The summed E-state index contributed by atoms with van der Waals surface area (Å²) in [5.41, 5.74) is 3.40. The number of carbonyl (C=O) groups is 1. The van der Waals surface area contributed by atoms with E-state index in [1.807, 2.05) is 12.1 Å². The van der Waals surface area contributed by atoms with Crippen LogP contribution in [0.4, 0.5) is 0 Å². The molecule has 1 aromatic heterocycles. The van der Waals surface area contributed by atoms with Crippen molar-refractivity contribution >= 4 is 29.1 Å². The van der Waals surface area contributed by atoms with Gasteiger partial charge in [0.1, 0.15) is 5.75 Å². The molecule has 0 aliphatic heterocycles. The highest BCUT2D eigenvalue weighted by Crippen LogP contribution is 2.40. The van der Waals surface area contributed by atoms with Crippen molar-refractivity contribution in [3.63, 3.8) is 0 Å².